The van der Waals surface area contributed by atoms with Crippen LogP contribution in [0.5, 0.6) is 0 Å². The van der Waals surface area contributed by atoms with E-state index >= 15 is 0 Å². The summed E-state index contributed by atoms with van der Waals surface area (Å²) in [6.45, 7) is 0.311. The first-order chi connectivity index (χ1) is 13.8. The van der Waals surface area contributed by atoms with Crippen LogP contribution in [0.2, 0.25) is 0 Å². The van der Waals surface area contributed by atoms with Crippen LogP contribution >= 0.6 is 0 Å². The summed E-state index contributed by atoms with van der Waals surface area (Å²) in [6.07, 6.45) is 2.87. The SMILES string of the molecule is Cn1cnc(S(=O)(=O)N2CC(Nc3cc(F)ccc3F)C(c3ccccc3)C2)c1. The van der Waals surface area contributed by atoms with Crippen molar-refractivity contribution in [1.82, 2.24) is 13.9 Å². The van der Waals surface area contributed by atoms with Crippen molar-refractivity contribution in [2.75, 3.05) is 18.4 Å². The van der Waals surface area contributed by atoms with Gasteiger partial charge in [0.25, 0.3) is 10.0 Å². The molecule has 0 radical (unpaired) electrons. The van der Waals surface area contributed by atoms with Crippen molar-refractivity contribution >= 4 is 15.7 Å². The number of anilines is 1. The van der Waals surface area contributed by atoms with Crippen LogP contribution in [-0.4, -0.2) is 41.4 Å². The van der Waals surface area contributed by atoms with Crippen molar-refractivity contribution in [3.63, 3.8) is 0 Å². The first-order valence-corrected chi connectivity index (χ1v) is 10.5. The van der Waals surface area contributed by atoms with E-state index in [0.717, 1.165) is 23.8 Å². The van der Waals surface area contributed by atoms with Crippen molar-refractivity contribution in [3.8, 4) is 0 Å². The highest BCUT2D eigenvalue weighted by molar-refractivity contribution is 7.89. The summed E-state index contributed by atoms with van der Waals surface area (Å²) in [5.41, 5.74) is 0.925. The van der Waals surface area contributed by atoms with Crippen molar-refractivity contribution in [2.45, 2.75) is 17.0 Å². The van der Waals surface area contributed by atoms with Crippen LogP contribution in [-0.2, 0) is 17.1 Å². The zero-order valence-corrected chi connectivity index (χ0v) is 16.5. The zero-order chi connectivity index (χ0) is 20.6. The molecule has 152 valence electrons. The summed E-state index contributed by atoms with van der Waals surface area (Å²) in [5, 5.41) is 2.97. The number of aromatic nitrogens is 2. The molecule has 6 nitrogen and oxygen atoms in total. The molecule has 1 aliphatic heterocycles. The standard InChI is InChI=1S/C20H20F2N4O2S/c1-25-12-20(23-13-25)29(27,28)26-10-16(14-5-3-2-4-6-14)19(11-26)24-18-9-15(21)7-8-17(18)22/h2-9,12-13,16,19,24H,10-11H2,1H3. The Labute approximate surface area is 167 Å². The van der Waals surface area contributed by atoms with Gasteiger partial charge < -0.3 is 9.88 Å². The first kappa shape index (κ1) is 19.5. The molecule has 0 spiro atoms. The molecule has 1 saturated heterocycles. The highest BCUT2D eigenvalue weighted by Crippen LogP contribution is 2.33. The van der Waals surface area contributed by atoms with Crippen LogP contribution in [0.3, 0.4) is 0 Å². The lowest BCUT2D eigenvalue weighted by Gasteiger charge is -2.21. The Hall–Kier alpha value is -2.78. The van der Waals surface area contributed by atoms with E-state index in [1.165, 1.54) is 16.8 Å². The second kappa shape index (κ2) is 7.57. The molecule has 4 rings (SSSR count). The summed E-state index contributed by atoms with van der Waals surface area (Å²) < 4.78 is 56.7. The molecule has 2 atom stereocenters. The van der Waals surface area contributed by atoms with Gasteiger partial charge in [0.15, 0.2) is 5.03 Å². The maximum atomic E-state index is 14.2. The number of rotatable bonds is 5. The van der Waals surface area contributed by atoms with Gasteiger partial charge in [-0.25, -0.2) is 22.2 Å². The van der Waals surface area contributed by atoms with Gasteiger partial charge >= 0.3 is 0 Å². The Morgan fingerprint density at radius 3 is 2.55 bits per heavy atom. The lowest BCUT2D eigenvalue weighted by molar-refractivity contribution is 0.468. The Morgan fingerprint density at radius 2 is 1.86 bits per heavy atom. The first-order valence-electron chi connectivity index (χ1n) is 9.09. The Kier molecular flexibility index (Phi) is 5.10. The fourth-order valence-corrected chi connectivity index (χ4v) is 5.07. The molecule has 2 heterocycles. The molecule has 1 N–H and O–H groups in total. The van der Waals surface area contributed by atoms with Gasteiger partial charge in [-0.3, -0.25) is 0 Å². The number of benzene rings is 2. The topological polar surface area (TPSA) is 67.2 Å². The van der Waals surface area contributed by atoms with E-state index in [-0.39, 0.29) is 29.7 Å². The minimum Gasteiger partial charge on any atom is -0.378 e. The second-order valence-corrected chi connectivity index (χ2v) is 8.98. The van der Waals surface area contributed by atoms with Crippen LogP contribution in [0, 0.1) is 11.6 Å². The van der Waals surface area contributed by atoms with Gasteiger partial charge in [-0.05, 0) is 23.8 Å². The molecule has 0 aliphatic carbocycles. The Bertz CT molecular complexity index is 1120. The summed E-state index contributed by atoms with van der Waals surface area (Å²) >= 11 is 0. The maximum Gasteiger partial charge on any atom is 0.262 e. The number of sulfonamides is 1. The van der Waals surface area contributed by atoms with Gasteiger partial charge in [0.05, 0.1) is 12.0 Å². The molecule has 1 aliphatic rings. The van der Waals surface area contributed by atoms with Gasteiger partial charge in [0.2, 0.25) is 0 Å². The summed E-state index contributed by atoms with van der Waals surface area (Å²) in [4.78, 5) is 3.97. The van der Waals surface area contributed by atoms with E-state index in [4.69, 9.17) is 0 Å². The van der Waals surface area contributed by atoms with Crippen molar-refractivity contribution in [2.24, 2.45) is 7.05 Å². The number of aryl methyl sites for hydroxylation is 1. The molecule has 2 unspecified atom stereocenters. The fourth-order valence-electron chi connectivity index (χ4n) is 3.61. The highest BCUT2D eigenvalue weighted by Gasteiger charge is 2.41. The number of nitrogens with one attached hydrogen (secondary N) is 1. The zero-order valence-electron chi connectivity index (χ0n) is 15.7. The average Bonchev–Trinajstić information content (AvgIpc) is 3.33. The quantitative estimate of drug-likeness (QED) is 0.692. The molecule has 1 fully saturated rings. The van der Waals surface area contributed by atoms with E-state index in [1.807, 2.05) is 30.3 Å². The number of halogens is 2. The Morgan fingerprint density at radius 1 is 1.10 bits per heavy atom. The molecular weight excluding hydrogens is 398 g/mol. The third-order valence-corrected chi connectivity index (χ3v) is 6.79. The van der Waals surface area contributed by atoms with Crippen LogP contribution in [0.4, 0.5) is 14.5 Å². The Balaban J connectivity index is 1.67. The van der Waals surface area contributed by atoms with E-state index < -0.39 is 27.7 Å². The van der Waals surface area contributed by atoms with E-state index in [1.54, 1.807) is 11.6 Å². The largest absolute Gasteiger partial charge is 0.378 e. The number of hydrogen-bond donors (Lipinski definition) is 1. The number of imidazole rings is 1. The minimum atomic E-state index is -3.81. The molecule has 29 heavy (non-hydrogen) atoms. The van der Waals surface area contributed by atoms with E-state index in [0.29, 0.717) is 0 Å². The summed E-state index contributed by atoms with van der Waals surface area (Å²) in [6, 6.07) is 12.1. The van der Waals surface area contributed by atoms with Crippen LogP contribution in [0.25, 0.3) is 0 Å². The predicted molar refractivity (Wildman–Crippen MR) is 105 cm³/mol. The smallest absolute Gasteiger partial charge is 0.262 e. The van der Waals surface area contributed by atoms with Crippen LogP contribution in [0.15, 0.2) is 66.1 Å². The van der Waals surface area contributed by atoms with Gasteiger partial charge in [0.1, 0.15) is 11.6 Å². The molecule has 1 aromatic heterocycles. The molecule has 2 aromatic carbocycles. The minimum absolute atomic E-state index is 0.00742. The molecular formula is C20H20F2N4O2S. The molecule has 0 bridgehead atoms. The predicted octanol–water partition coefficient (Wildman–Crippen LogP) is 2.97. The normalized spacial score (nSPS) is 20.1. The number of hydrogen-bond acceptors (Lipinski definition) is 4. The highest BCUT2D eigenvalue weighted by atomic mass is 32.2. The molecule has 9 heteroatoms. The molecule has 0 amide bonds. The summed E-state index contributed by atoms with van der Waals surface area (Å²) in [7, 11) is -2.11. The van der Waals surface area contributed by atoms with Gasteiger partial charge in [-0.15, -0.1) is 0 Å². The van der Waals surface area contributed by atoms with Crippen molar-refractivity contribution < 1.29 is 17.2 Å². The van der Waals surface area contributed by atoms with Crippen molar-refractivity contribution in [3.05, 3.63) is 78.3 Å². The van der Waals surface area contributed by atoms with Gasteiger partial charge in [0, 0.05) is 38.3 Å². The van der Waals surface area contributed by atoms with Crippen LogP contribution < -0.4 is 5.32 Å². The third-order valence-electron chi connectivity index (χ3n) is 5.07. The lowest BCUT2D eigenvalue weighted by atomic mass is 9.94. The molecule has 0 saturated carbocycles. The molecule has 3 aromatic rings. The van der Waals surface area contributed by atoms with E-state index in [2.05, 4.69) is 10.3 Å². The van der Waals surface area contributed by atoms with Crippen LogP contribution in [0.1, 0.15) is 11.5 Å². The fraction of sp³-hybridized carbons (Fsp3) is 0.250. The number of nitrogens with zero attached hydrogens (tertiary/aromatic N) is 3. The van der Waals surface area contributed by atoms with E-state index in [9.17, 15) is 17.2 Å². The monoisotopic (exact) mass is 418 g/mol. The van der Waals surface area contributed by atoms with Gasteiger partial charge in [-0.2, -0.15) is 4.31 Å². The summed E-state index contributed by atoms with van der Waals surface area (Å²) in [5.74, 6) is -1.40. The van der Waals surface area contributed by atoms with Gasteiger partial charge in [-0.1, -0.05) is 30.3 Å². The van der Waals surface area contributed by atoms with Crippen molar-refractivity contribution in [1.29, 1.82) is 0 Å². The average molecular weight is 418 g/mol. The second-order valence-electron chi connectivity index (χ2n) is 7.09. The third kappa shape index (κ3) is 3.88. The maximum absolute atomic E-state index is 14.2. The lowest BCUT2D eigenvalue weighted by Crippen LogP contribution is -2.32.